The van der Waals surface area contributed by atoms with Crippen LogP contribution in [0.5, 0.6) is 0 Å². The minimum absolute atomic E-state index is 0.404. The van der Waals surface area contributed by atoms with Gasteiger partial charge in [0.25, 0.3) is 0 Å². The summed E-state index contributed by atoms with van der Waals surface area (Å²) in [6, 6.07) is 9.62. The number of hydrogen-bond acceptors (Lipinski definition) is 3. The predicted molar refractivity (Wildman–Crippen MR) is 74.6 cm³/mol. The van der Waals surface area contributed by atoms with Gasteiger partial charge in [-0.1, -0.05) is 30.3 Å². The first kappa shape index (κ1) is 15.1. The molecule has 0 unspecified atom stereocenters. The first-order chi connectivity index (χ1) is 8.48. The fraction of sp³-hybridized carbons (Fsp3) is 0.538. The van der Waals surface area contributed by atoms with Crippen LogP contribution in [0.1, 0.15) is 25.8 Å². The lowest BCUT2D eigenvalue weighted by Crippen LogP contribution is -2.37. The fourth-order valence-corrected chi connectivity index (χ4v) is 2.96. The lowest BCUT2D eigenvalue weighted by Gasteiger charge is -2.24. The van der Waals surface area contributed by atoms with Gasteiger partial charge in [0.1, 0.15) is 0 Å². The van der Waals surface area contributed by atoms with Crippen molar-refractivity contribution in [3.8, 4) is 0 Å². The van der Waals surface area contributed by atoms with Crippen LogP contribution in [0, 0.1) is 0 Å². The molecule has 0 aliphatic rings. The molecule has 0 atom stereocenters. The zero-order valence-electron chi connectivity index (χ0n) is 11.0. The molecule has 0 aliphatic carbocycles. The summed E-state index contributed by atoms with van der Waals surface area (Å²) in [7, 11) is -3.23. The highest BCUT2D eigenvalue weighted by atomic mass is 32.2. The van der Waals surface area contributed by atoms with E-state index in [9.17, 15) is 8.42 Å². The highest BCUT2D eigenvalue weighted by Crippen LogP contribution is 2.14. The van der Waals surface area contributed by atoms with Crippen molar-refractivity contribution in [1.29, 1.82) is 0 Å². The van der Waals surface area contributed by atoms with E-state index in [1.54, 1.807) is 13.8 Å². The lowest BCUT2D eigenvalue weighted by atomic mass is 10.2. The molecule has 0 aliphatic heterocycles. The molecule has 0 saturated heterocycles. The van der Waals surface area contributed by atoms with Gasteiger partial charge in [-0.25, -0.2) is 8.42 Å². The van der Waals surface area contributed by atoms with Gasteiger partial charge in [-0.15, -0.1) is 0 Å². The van der Waals surface area contributed by atoms with Gasteiger partial charge >= 0.3 is 0 Å². The summed E-state index contributed by atoms with van der Waals surface area (Å²) in [4.78, 5) is 0. The molecule has 2 N–H and O–H groups in total. The second-order valence-corrected chi connectivity index (χ2v) is 7.04. The minimum atomic E-state index is -3.23. The second kappa shape index (κ2) is 6.87. The first-order valence-corrected chi connectivity index (χ1v) is 7.71. The van der Waals surface area contributed by atoms with Gasteiger partial charge in [-0.05, 0) is 32.4 Å². The number of benzene rings is 1. The molecule has 4 nitrogen and oxygen atoms in total. The Hall–Kier alpha value is -0.910. The Labute approximate surface area is 110 Å². The van der Waals surface area contributed by atoms with E-state index in [1.807, 2.05) is 30.3 Å². The number of hydrogen-bond donors (Lipinski definition) is 1. The lowest BCUT2D eigenvalue weighted by molar-refractivity contribution is 0.397. The van der Waals surface area contributed by atoms with Crippen molar-refractivity contribution in [2.24, 2.45) is 5.73 Å². The van der Waals surface area contributed by atoms with E-state index in [1.165, 1.54) is 4.31 Å². The van der Waals surface area contributed by atoms with Crippen LogP contribution >= 0.6 is 0 Å². The summed E-state index contributed by atoms with van der Waals surface area (Å²) in [5, 5.41) is -0.404. The zero-order valence-corrected chi connectivity index (χ0v) is 11.9. The quantitative estimate of drug-likeness (QED) is 0.818. The maximum absolute atomic E-state index is 12.2. The second-order valence-electron chi connectivity index (χ2n) is 4.56. The third kappa shape index (κ3) is 4.08. The van der Waals surface area contributed by atoms with E-state index >= 15 is 0 Å². The van der Waals surface area contributed by atoms with Gasteiger partial charge in [-0.2, -0.15) is 4.31 Å². The molecule has 102 valence electrons. The van der Waals surface area contributed by atoms with E-state index in [0.29, 0.717) is 26.1 Å². The molecule has 0 spiro atoms. The average molecular weight is 270 g/mol. The highest BCUT2D eigenvalue weighted by molar-refractivity contribution is 7.89. The van der Waals surface area contributed by atoms with E-state index < -0.39 is 15.3 Å². The molecule has 18 heavy (non-hydrogen) atoms. The van der Waals surface area contributed by atoms with Crippen LogP contribution in [0.15, 0.2) is 30.3 Å². The van der Waals surface area contributed by atoms with Crippen LogP contribution < -0.4 is 5.73 Å². The van der Waals surface area contributed by atoms with Gasteiger partial charge in [0.05, 0.1) is 5.25 Å². The molecule has 1 aromatic carbocycles. The van der Waals surface area contributed by atoms with Gasteiger partial charge in [-0.3, -0.25) is 0 Å². The molecule has 0 radical (unpaired) electrons. The molecule has 5 heteroatoms. The predicted octanol–water partition coefficient (Wildman–Crippen LogP) is 1.58. The van der Waals surface area contributed by atoms with Crippen LogP contribution in [0.2, 0.25) is 0 Å². The Morgan fingerprint density at radius 2 is 1.83 bits per heavy atom. The molecule has 0 fully saturated rings. The van der Waals surface area contributed by atoms with Crippen molar-refractivity contribution < 1.29 is 8.42 Å². The maximum atomic E-state index is 12.2. The van der Waals surface area contributed by atoms with Crippen molar-refractivity contribution in [2.75, 3.05) is 13.1 Å². The topological polar surface area (TPSA) is 63.4 Å². The van der Waals surface area contributed by atoms with E-state index in [-0.39, 0.29) is 0 Å². The molecule has 0 heterocycles. The van der Waals surface area contributed by atoms with Crippen molar-refractivity contribution in [3.63, 3.8) is 0 Å². The molecular weight excluding hydrogens is 248 g/mol. The molecule has 0 amide bonds. The molecule has 0 saturated carbocycles. The number of rotatable bonds is 7. The summed E-state index contributed by atoms with van der Waals surface area (Å²) in [5.41, 5.74) is 6.47. The van der Waals surface area contributed by atoms with Gasteiger partial charge in [0.2, 0.25) is 10.0 Å². The van der Waals surface area contributed by atoms with Crippen molar-refractivity contribution >= 4 is 10.0 Å². The van der Waals surface area contributed by atoms with Crippen molar-refractivity contribution in [2.45, 2.75) is 32.1 Å². The molecule has 0 aromatic heterocycles. The summed E-state index contributed by atoms with van der Waals surface area (Å²) >= 11 is 0. The Kier molecular flexibility index (Phi) is 5.78. The van der Waals surface area contributed by atoms with E-state index in [2.05, 4.69) is 0 Å². The van der Waals surface area contributed by atoms with Crippen molar-refractivity contribution in [3.05, 3.63) is 35.9 Å². The number of nitrogens with zero attached hydrogens (tertiary/aromatic N) is 1. The average Bonchev–Trinajstić information content (AvgIpc) is 2.35. The summed E-state index contributed by atoms with van der Waals surface area (Å²) in [6.07, 6.45) is 0.679. The van der Waals surface area contributed by atoms with Crippen molar-refractivity contribution in [1.82, 2.24) is 4.31 Å². The van der Waals surface area contributed by atoms with Crippen LogP contribution in [-0.4, -0.2) is 31.1 Å². The van der Waals surface area contributed by atoms with Crippen LogP contribution in [0.25, 0.3) is 0 Å². The third-order valence-corrected chi connectivity index (χ3v) is 4.99. The Balaban J connectivity index is 2.86. The molecule has 1 aromatic rings. The van der Waals surface area contributed by atoms with Gasteiger partial charge in [0, 0.05) is 13.1 Å². The van der Waals surface area contributed by atoms with E-state index in [4.69, 9.17) is 5.73 Å². The molecule has 0 bridgehead atoms. The highest BCUT2D eigenvalue weighted by Gasteiger charge is 2.25. The summed E-state index contributed by atoms with van der Waals surface area (Å²) in [6.45, 7) is 4.80. The Morgan fingerprint density at radius 3 is 2.33 bits per heavy atom. The SMILES string of the molecule is CC(C)S(=O)(=O)N(CCCN)Cc1ccccc1. The first-order valence-electron chi connectivity index (χ1n) is 6.21. The normalized spacial score (nSPS) is 12.3. The fourth-order valence-electron chi connectivity index (χ4n) is 1.65. The summed E-state index contributed by atoms with van der Waals surface area (Å²) < 4.78 is 26.0. The van der Waals surface area contributed by atoms with E-state index in [0.717, 1.165) is 5.56 Å². The zero-order chi connectivity index (χ0) is 13.6. The van der Waals surface area contributed by atoms with Crippen LogP contribution in [-0.2, 0) is 16.6 Å². The molecular formula is C13H22N2O2S. The largest absolute Gasteiger partial charge is 0.330 e. The molecule has 1 rings (SSSR count). The maximum Gasteiger partial charge on any atom is 0.216 e. The summed E-state index contributed by atoms with van der Waals surface area (Å²) in [5.74, 6) is 0. The smallest absolute Gasteiger partial charge is 0.216 e. The standard InChI is InChI=1S/C13H22N2O2S/c1-12(2)18(16,17)15(10-6-9-14)11-13-7-4-3-5-8-13/h3-5,7-8,12H,6,9-11,14H2,1-2H3. The monoisotopic (exact) mass is 270 g/mol. The van der Waals surface area contributed by atoms with Crippen LogP contribution in [0.4, 0.5) is 0 Å². The number of nitrogens with two attached hydrogens (primary N) is 1. The van der Waals surface area contributed by atoms with Crippen LogP contribution in [0.3, 0.4) is 0 Å². The Morgan fingerprint density at radius 1 is 1.22 bits per heavy atom. The van der Waals surface area contributed by atoms with Gasteiger partial charge in [0.15, 0.2) is 0 Å². The Bertz CT molecular complexity index is 443. The number of sulfonamides is 1. The third-order valence-electron chi connectivity index (χ3n) is 2.77. The van der Waals surface area contributed by atoms with Gasteiger partial charge < -0.3 is 5.73 Å². The minimum Gasteiger partial charge on any atom is -0.330 e.